The molecule has 0 amide bonds. The van der Waals surface area contributed by atoms with Crippen molar-refractivity contribution in [3.05, 3.63) is 32.8 Å². The van der Waals surface area contributed by atoms with Crippen LogP contribution in [0.15, 0.2) is 12.1 Å². The van der Waals surface area contributed by atoms with Crippen molar-refractivity contribution in [3.8, 4) is 0 Å². The Hall–Kier alpha value is -1.33. The molecule has 2 N–H and O–H groups in total. The number of rotatable bonds is 5. The molecule has 0 saturated carbocycles. The zero-order chi connectivity index (χ0) is 13.9. The number of hydrogen-bond acceptors (Lipinski definition) is 4. The van der Waals surface area contributed by atoms with Crippen LogP contribution < -0.4 is 5.32 Å². The summed E-state index contributed by atoms with van der Waals surface area (Å²) < 4.78 is 0. The van der Waals surface area contributed by atoms with Crippen LogP contribution in [0.2, 0.25) is 5.02 Å². The van der Waals surface area contributed by atoms with Gasteiger partial charge >= 0.3 is 0 Å². The van der Waals surface area contributed by atoms with Crippen LogP contribution in [0.5, 0.6) is 0 Å². The molecular formula is C12H17ClN2O3. The average Bonchev–Trinajstić information content (AvgIpc) is 2.28. The van der Waals surface area contributed by atoms with Gasteiger partial charge in [-0.15, -0.1) is 0 Å². The number of nitro benzene ring substituents is 1. The molecule has 0 radical (unpaired) electrons. The number of aryl methyl sites for hydroxylation is 1. The van der Waals surface area contributed by atoms with Crippen molar-refractivity contribution in [2.24, 2.45) is 5.92 Å². The normalized spacial score (nSPS) is 12.6. The van der Waals surface area contributed by atoms with Gasteiger partial charge in [0.2, 0.25) is 0 Å². The van der Waals surface area contributed by atoms with Crippen LogP contribution in [0.3, 0.4) is 0 Å². The van der Waals surface area contributed by atoms with E-state index in [0.717, 1.165) is 0 Å². The molecular weight excluding hydrogens is 256 g/mol. The van der Waals surface area contributed by atoms with Crippen LogP contribution >= 0.6 is 11.6 Å². The number of nitrogens with one attached hydrogen (secondary N) is 1. The molecule has 1 aromatic rings. The SMILES string of the molecule is Cc1cc(N[C@@H](CO)C(C)C)c(Cl)cc1[N+](=O)[O-]. The van der Waals surface area contributed by atoms with E-state index in [1.807, 2.05) is 13.8 Å². The molecule has 1 rings (SSSR count). The van der Waals surface area contributed by atoms with Crippen LogP contribution in [-0.4, -0.2) is 22.7 Å². The van der Waals surface area contributed by atoms with Gasteiger partial charge in [0.25, 0.3) is 5.69 Å². The van der Waals surface area contributed by atoms with Crippen molar-refractivity contribution in [1.29, 1.82) is 0 Å². The molecule has 1 aromatic carbocycles. The van der Waals surface area contributed by atoms with Crippen LogP contribution in [0, 0.1) is 23.0 Å². The highest BCUT2D eigenvalue weighted by Gasteiger charge is 2.17. The van der Waals surface area contributed by atoms with Crippen molar-refractivity contribution in [2.45, 2.75) is 26.8 Å². The molecule has 0 saturated heterocycles. The summed E-state index contributed by atoms with van der Waals surface area (Å²) >= 11 is 6.00. The second-order valence-corrected chi connectivity index (χ2v) is 4.96. The first kappa shape index (κ1) is 14.7. The Balaban J connectivity index is 3.04. The summed E-state index contributed by atoms with van der Waals surface area (Å²) in [5.74, 6) is 0.224. The van der Waals surface area contributed by atoms with Gasteiger partial charge in [-0.2, -0.15) is 0 Å². The van der Waals surface area contributed by atoms with Gasteiger partial charge in [0.05, 0.1) is 28.3 Å². The molecule has 5 nitrogen and oxygen atoms in total. The van der Waals surface area contributed by atoms with E-state index < -0.39 is 4.92 Å². The Bertz CT molecular complexity index is 449. The highest BCUT2D eigenvalue weighted by Crippen LogP contribution is 2.31. The molecule has 0 aromatic heterocycles. The number of benzene rings is 1. The lowest BCUT2D eigenvalue weighted by Gasteiger charge is -2.22. The highest BCUT2D eigenvalue weighted by molar-refractivity contribution is 6.33. The van der Waals surface area contributed by atoms with E-state index in [0.29, 0.717) is 11.3 Å². The number of aliphatic hydroxyl groups excluding tert-OH is 1. The maximum atomic E-state index is 10.8. The van der Waals surface area contributed by atoms with Gasteiger partial charge in [0.1, 0.15) is 0 Å². The minimum absolute atomic E-state index is 0.00403. The summed E-state index contributed by atoms with van der Waals surface area (Å²) in [6.07, 6.45) is 0. The van der Waals surface area contributed by atoms with Crippen LogP contribution in [0.1, 0.15) is 19.4 Å². The molecule has 0 heterocycles. The molecule has 6 heteroatoms. The Labute approximate surface area is 111 Å². The molecule has 0 fully saturated rings. The molecule has 18 heavy (non-hydrogen) atoms. The number of aliphatic hydroxyl groups is 1. The minimum atomic E-state index is -0.461. The summed E-state index contributed by atoms with van der Waals surface area (Å²) in [6, 6.07) is 2.82. The van der Waals surface area contributed by atoms with E-state index in [4.69, 9.17) is 11.6 Å². The highest BCUT2D eigenvalue weighted by atomic mass is 35.5. The molecule has 0 aliphatic carbocycles. The summed E-state index contributed by atoms with van der Waals surface area (Å²) in [5, 5.41) is 23.4. The lowest BCUT2D eigenvalue weighted by Crippen LogP contribution is -2.29. The second-order valence-electron chi connectivity index (χ2n) is 4.55. The Kier molecular flexibility index (Phi) is 4.93. The molecule has 0 aliphatic rings. The first-order chi connectivity index (χ1) is 8.36. The largest absolute Gasteiger partial charge is 0.394 e. The first-order valence-corrected chi connectivity index (χ1v) is 6.06. The fraction of sp³-hybridized carbons (Fsp3) is 0.500. The molecule has 0 spiro atoms. The predicted molar refractivity (Wildman–Crippen MR) is 72.2 cm³/mol. The lowest BCUT2D eigenvalue weighted by molar-refractivity contribution is -0.385. The molecule has 0 aliphatic heterocycles. The standard InChI is InChI=1S/C12H17ClN2O3/c1-7(2)11(6-16)14-10-4-8(3)12(15(17)18)5-9(10)13/h4-5,7,11,14,16H,6H2,1-3H3/t11-/m0/s1. The smallest absolute Gasteiger partial charge is 0.273 e. The topological polar surface area (TPSA) is 75.4 Å². The fourth-order valence-electron chi connectivity index (χ4n) is 1.60. The lowest BCUT2D eigenvalue weighted by atomic mass is 10.0. The van der Waals surface area contributed by atoms with E-state index in [-0.39, 0.29) is 29.3 Å². The third-order valence-electron chi connectivity index (χ3n) is 2.82. The van der Waals surface area contributed by atoms with Gasteiger partial charge in [-0.25, -0.2) is 0 Å². The quantitative estimate of drug-likeness (QED) is 0.638. The molecule has 1 atom stereocenters. The molecule has 0 unspecified atom stereocenters. The van der Waals surface area contributed by atoms with Gasteiger partial charge in [-0.05, 0) is 18.9 Å². The number of anilines is 1. The third kappa shape index (κ3) is 3.34. The average molecular weight is 273 g/mol. The van der Waals surface area contributed by atoms with Gasteiger partial charge < -0.3 is 10.4 Å². The fourth-order valence-corrected chi connectivity index (χ4v) is 1.81. The Morgan fingerprint density at radius 1 is 1.50 bits per heavy atom. The van der Waals surface area contributed by atoms with E-state index in [1.165, 1.54) is 6.07 Å². The van der Waals surface area contributed by atoms with Crippen molar-refractivity contribution in [2.75, 3.05) is 11.9 Å². The molecule has 0 bridgehead atoms. The van der Waals surface area contributed by atoms with Gasteiger partial charge in [-0.1, -0.05) is 25.4 Å². The maximum absolute atomic E-state index is 10.8. The number of hydrogen-bond donors (Lipinski definition) is 2. The van der Waals surface area contributed by atoms with Crippen molar-refractivity contribution < 1.29 is 10.0 Å². The summed E-state index contributed by atoms with van der Waals surface area (Å²) in [5.41, 5.74) is 1.13. The summed E-state index contributed by atoms with van der Waals surface area (Å²) in [7, 11) is 0. The van der Waals surface area contributed by atoms with E-state index >= 15 is 0 Å². The van der Waals surface area contributed by atoms with E-state index in [2.05, 4.69) is 5.32 Å². The third-order valence-corrected chi connectivity index (χ3v) is 3.14. The second kappa shape index (κ2) is 6.02. The number of nitrogens with zero attached hydrogens (tertiary/aromatic N) is 1. The number of nitro groups is 1. The van der Waals surface area contributed by atoms with Crippen LogP contribution in [0.4, 0.5) is 11.4 Å². The predicted octanol–water partition coefficient (Wildman–Crippen LogP) is 2.99. The summed E-state index contributed by atoms with van der Waals surface area (Å²) in [4.78, 5) is 10.3. The number of halogens is 1. The zero-order valence-corrected chi connectivity index (χ0v) is 11.4. The summed E-state index contributed by atoms with van der Waals surface area (Å²) in [6.45, 7) is 5.58. The van der Waals surface area contributed by atoms with Gasteiger partial charge in [0, 0.05) is 11.6 Å². The van der Waals surface area contributed by atoms with Gasteiger partial charge in [0.15, 0.2) is 0 Å². The minimum Gasteiger partial charge on any atom is -0.394 e. The Morgan fingerprint density at radius 3 is 2.56 bits per heavy atom. The monoisotopic (exact) mass is 272 g/mol. The van der Waals surface area contributed by atoms with Gasteiger partial charge in [-0.3, -0.25) is 10.1 Å². The van der Waals surface area contributed by atoms with Crippen molar-refractivity contribution in [3.63, 3.8) is 0 Å². The van der Waals surface area contributed by atoms with E-state index in [1.54, 1.807) is 13.0 Å². The van der Waals surface area contributed by atoms with E-state index in [9.17, 15) is 15.2 Å². The van der Waals surface area contributed by atoms with Crippen molar-refractivity contribution in [1.82, 2.24) is 0 Å². The Morgan fingerprint density at radius 2 is 2.11 bits per heavy atom. The maximum Gasteiger partial charge on any atom is 0.273 e. The van der Waals surface area contributed by atoms with Crippen LogP contribution in [-0.2, 0) is 0 Å². The van der Waals surface area contributed by atoms with Crippen molar-refractivity contribution >= 4 is 23.0 Å². The molecule has 100 valence electrons. The first-order valence-electron chi connectivity index (χ1n) is 5.68. The van der Waals surface area contributed by atoms with Crippen LogP contribution in [0.25, 0.3) is 0 Å². The zero-order valence-electron chi connectivity index (χ0n) is 10.6.